The second-order valence-corrected chi connectivity index (χ2v) is 9.01. The van der Waals surface area contributed by atoms with E-state index in [4.69, 9.17) is 11.6 Å². The van der Waals surface area contributed by atoms with Gasteiger partial charge in [-0.2, -0.15) is 0 Å². The van der Waals surface area contributed by atoms with Gasteiger partial charge in [0.15, 0.2) is 0 Å². The van der Waals surface area contributed by atoms with E-state index < -0.39 is 0 Å². The Labute approximate surface area is 156 Å². The van der Waals surface area contributed by atoms with Gasteiger partial charge in [0.1, 0.15) is 0 Å². The smallest absolute Gasteiger partial charge is 0.226 e. The van der Waals surface area contributed by atoms with Crippen molar-refractivity contribution in [3.8, 4) is 0 Å². The molecule has 0 bridgehead atoms. The predicted octanol–water partition coefficient (Wildman–Crippen LogP) is 4.02. The number of hydrogen-bond acceptors (Lipinski definition) is 2. The maximum absolute atomic E-state index is 12.9. The Morgan fingerprint density at radius 1 is 1.24 bits per heavy atom. The van der Waals surface area contributed by atoms with Gasteiger partial charge >= 0.3 is 0 Å². The Kier molecular flexibility index (Phi) is 4.81. The normalized spacial score (nSPS) is 31.6. The summed E-state index contributed by atoms with van der Waals surface area (Å²) in [6.07, 6.45) is 3.45. The Balaban J connectivity index is 1.27. The van der Waals surface area contributed by atoms with Crippen molar-refractivity contribution in [1.82, 2.24) is 9.80 Å². The van der Waals surface area contributed by atoms with Gasteiger partial charge in [0, 0.05) is 42.5 Å². The van der Waals surface area contributed by atoms with Crippen LogP contribution in [0.2, 0.25) is 5.02 Å². The van der Waals surface area contributed by atoms with E-state index in [0.717, 1.165) is 42.9 Å². The number of hydrogen-bond donors (Lipinski definition) is 0. The molecule has 0 spiro atoms. The Morgan fingerprint density at radius 3 is 2.68 bits per heavy atom. The molecule has 3 aliphatic rings. The first-order valence-corrected chi connectivity index (χ1v) is 10.2. The van der Waals surface area contributed by atoms with E-state index >= 15 is 0 Å². The highest BCUT2D eigenvalue weighted by Crippen LogP contribution is 2.49. The molecule has 4 rings (SSSR count). The molecule has 2 heterocycles. The van der Waals surface area contributed by atoms with E-state index in [1.807, 2.05) is 12.1 Å². The van der Waals surface area contributed by atoms with E-state index in [1.165, 1.54) is 25.1 Å². The van der Waals surface area contributed by atoms with Gasteiger partial charge in [-0.05, 0) is 55.3 Å². The highest BCUT2D eigenvalue weighted by Gasteiger charge is 2.49. The zero-order valence-corrected chi connectivity index (χ0v) is 16.1. The molecule has 1 aliphatic carbocycles. The number of carbonyl (C=O) groups excluding carboxylic acids is 1. The molecule has 1 amide bonds. The zero-order chi connectivity index (χ0) is 17.6. The molecule has 136 valence electrons. The first-order chi connectivity index (χ1) is 12.0. The van der Waals surface area contributed by atoms with Gasteiger partial charge in [0.05, 0.1) is 0 Å². The second kappa shape index (κ2) is 6.92. The largest absolute Gasteiger partial charge is 0.342 e. The molecule has 0 aromatic heterocycles. The van der Waals surface area contributed by atoms with Crippen molar-refractivity contribution in [2.45, 2.75) is 45.1 Å². The van der Waals surface area contributed by atoms with Crippen molar-refractivity contribution in [2.24, 2.45) is 17.8 Å². The molecule has 0 N–H and O–H groups in total. The lowest BCUT2D eigenvalue weighted by Gasteiger charge is -2.53. The summed E-state index contributed by atoms with van der Waals surface area (Å²) in [5, 5.41) is 0.765. The molecular formula is C21H29ClN2O. The molecule has 3 nitrogen and oxygen atoms in total. The third-order valence-corrected chi connectivity index (χ3v) is 6.59. The summed E-state index contributed by atoms with van der Waals surface area (Å²) in [6, 6.07) is 8.75. The molecule has 0 radical (unpaired) electrons. The Morgan fingerprint density at radius 2 is 2.00 bits per heavy atom. The van der Waals surface area contributed by atoms with Crippen LogP contribution in [0.4, 0.5) is 0 Å². The van der Waals surface area contributed by atoms with Gasteiger partial charge in [-0.1, -0.05) is 37.6 Å². The van der Waals surface area contributed by atoms with Crippen molar-refractivity contribution in [3.05, 3.63) is 34.9 Å². The summed E-state index contributed by atoms with van der Waals surface area (Å²) in [5.41, 5.74) is 1.26. The third kappa shape index (κ3) is 3.59. The highest BCUT2D eigenvalue weighted by molar-refractivity contribution is 6.30. The first-order valence-electron chi connectivity index (χ1n) is 9.81. The summed E-state index contributed by atoms with van der Waals surface area (Å²) in [5.74, 6) is 2.48. The maximum atomic E-state index is 12.9. The van der Waals surface area contributed by atoms with Crippen molar-refractivity contribution in [3.63, 3.8) is 0 Å². The lowest BCUT2D eigenvalue weighted by atomic mass is 9.82. The average Bonchev–Trinajstić information content (AvgIpc) is 3.36. The quantitative estimate of drug-likeness (QED) is 0.791. The molecule has 0 unspecified atom stereocenters. The Hall–Kier alpha value is -1.06. The number of carbonyl (C=O) groups is 1. The van der Waals surface area contributed by atoms with Crippen LogP contribution in [-0.4, -0.2) is 47.9 Å². The van der Waals surface area contributed by atoms with Gasteiger partial charge in [-0.15, -0.1) is 0 Å². The molecule has 4 atom stereocenters. The number of likely N-dealkylation sites (tertiary alicyclic amines) is 2. The molecule has 3 fully saturated rings. The molecule has 1 aromatic carbocycles. The number of fused-ring (bicyclic) bond motifs is 1. The van der Waals surface area contributed by atoms with Gasteiger partial charge in [-0.3, -0.25) is 9.69 Å². The van der Waals surface area contributed by atoms with Crippen molar-refractivity contribution in [2.75, 3.05) is 26.2 Å². The molecule has 4 heteroatoms. The summed E-state index contributed by atoms with van der Waals surface area (Å²) in [6.45, 7) is 8.94. The standard InChI is InChI=1S/C21H29ClN2O/c1-14(2)7-9-23-12-16-13-24(10-8-20(16)23)21(25)19-11-18(19)15-3-5-17(22)6-4-15/h3-6,14,16,18-20H,7-13H2,1-2H3/t16-,18+,19-,20-/m1/s1. The fourth-order valence-electron chi connectivity index (χ4n) is 4.64. The SMILES string of the molecule is CC(C)CCN1C[C@@H]2CN(C(=O)[C@@H]3C[C@H]3c3ccc(Cl)cc3)CC[C@H]21. The molecule has 25 heavy (non-hydrogen) atoms. The number of rotatable bonds is 5. The minimum Gasteiger partial charge on any atom is -0.342 e. The van der Waals surface area contributed by atoms with E-state index in [0.29, 0.717) is 17.7 Å². The van der Waals surface area contributed by atoms with Crippen molar-refractivity contribution < 1.29 is 4.79 Å². The van der Waals surface area contributed by atoms with Crippen LogP contribution in [0.5, 0.6) is 0 Å². The van der Waals surface area contributed by atoms with E-state index in [-0.39, 0.29) is 5.92 Å². The van der Waals surface area contributed by atoms with Crippen LogP contribution in [0.3, 0.4) is 0 Å². The third-order valence-electron chi connectivity index (χ3n) is 6.34. The number of nitrogens with zero attached hydrogens (tertiary/aromatic N) is 2. The van der Waals surface area contributed by atoms with Gasteiger partial charge in [0.2, 0.25) is 5.91 Å². The lowest BCUT2D eigenvalue weighted by molar-refractivity contribution is -0.139. The summed E-state index contributed by atoms with van der Waals surface area (Å²) < 4.78 is 0. The highest BCUT2D eigenvalue weighted by atomic mass is 35.5. The number of amides is 1. The first kappa shape index (κ1) is 17.4. The monoisotopic (exact) mass is 360 g/mol. The number of halogens is 1. The second-order valence-electron chi connectivity index (χ2n) is 8.58. The number of benzene rings is 1. The Bertz CT molecular complexity index is 629. The summed E-state index contributed by atoms with van der Waals surface area (Å²) in [4.78, 5) is 17.7. The van der Waals surface area contributed by atoms with E-state index in [2.05, 4.69) is 35.8 Å². The van der Waals surface area contributed by atoms with Crippen LogP contribution in [-0.2, 0) is 4.79 Å². The topological polar surface area (TPSA) is 23.6 Å². The summed E-state index contributed by atoms with van der Waals surface area (Å²) in [7, 11) is 0. The molecule has 1 aromatic rings. The van der Waals surface area contributed by atoms with Gasteiger partial charge in [0.25, 0.3) is 0 Å². The zero-order valence-electron chi connectivity index (χ0n) is 15.3. The van der Waals surface area contributed by atoms with E-state index in [1.54, 1.807) is 0 Å². The fraction of sp³-hybridized carbons (Fsp3) is 0.667. The van der Waals surface area contributed by atoms with Crippen molar-refractivity contribution >= 4 is 17.5 Å². The molecule has 2 saturated heterocycles. The van der Waals surface area contributed by atoms with Crippen LogP contribution in [0, 0.1) is 17.8 Å². The minimum atomic E-state index is 0.204. The maximum Gasteiger partial charge on any atom is 0.226 e. The number of piperidine rings is 1. The van der Waals surface area contributed by atoms with Crippen LogP contribution in [0.15, 0.2) is 24.3 Å². The molecular weight excluding hydrogens is 332 g/mol. The predicted molar refractivity (Wildman–Crippen MR) is 102 cm³/mol. The van der Waals surface area contributed by atoms with Crippen LogP contribution < -0.4 is 0 Å². The van der Waals surface area contributed by atoms with Crippen LogP contribution in [0.25, 0.3) is 0 Å². The molecule has 2 aliphatic heterocycles. The van der Waals surface area contributed by atoms with Gasteiger partial charge < -0.3 is 4.90 Å². The summed E-state index contributed by atoms with van der Waals surface area (Å²) >= 11 is 5.97. The van der Waals surface area contributed by atoms with Crippen LogP contribution >= 0.6 is 11.6 Å². The minimum absolute atomic E-state index is 0.204. The van der Waals surface area contributed by atoms with Crippen LogP contribution in [0.1, 0.15) is 44.6 Å². The molecule has 1 saturated carbocycles. The lowest BCUT2D eigenvalue weighted by Crippen LogP contribution is -2.64. The van der Waals surface area contributed by atoms with Crippen molar-refractivity contribution in [1.29, 1.82) is 0 Å². The average molecular weight is 361 g/mol. The van der Waals surface area contributed by atoms with E-state index in [9.17, 15) is 4.79 Å². The van der Waals surface area contributed by atoms with Gasteiger partial charge in [-0.25, -0.2) is 0 Å². The fourth-order valence-corrected chi connectivity index (χ4v) is 4.77.